The Morgan fingerprint density at radius 1 is 1.00 bits per heavy atom. The first-order valence-electron chi connectivity index (χ1n) is 12.5. The fourth-order valence-electron chi connectivity index (χ4n) is 4.40. The number of halogens is 3. The van der Waals surface area contributed by atoms with E-state index in [2.05, 4.69) is 15.2 Å². The molecule has 0 unspecified atom stereocenters. The van der Waals surface area contributed by atoms with E-state index in [4.69, 9.17) is 4.52 Å². The number of benzene rings is 2. The molecule has 3 heterocycles. The molecule has 5 rings (SSSR count). The normalized spacial score (nSPS) is 14.1. The molecule has 0 N–H and O–H groups in total. The van der Waals surface area contributed by atoms with Gasteiger partial charge in [-0.1, -0.05) is 41.6 Å². The quantitative estimate of drug-likeness (QED) is 0.340. The Morgan fingerprint density at radius 3 is 2.41 bits per heavy atom. The van der Waals surface area contributed by atoms with E-state index in [0.717, 1.165) is 45.3 Å². The summed E-state index contributed by atoms with van der Waals surface area (Å²) < 4.78 is 46.7. The van der Waals surface area contributed by atoms with Gasteiger partial charge in [-0.2, -0.15) is 23.3 Å². The number of aromatic nitrogens is 4. The lowest BCUT2D eigenvalue weighted by Gasteiger charge is -2.28. The van der Waals surface area contributed by atoms with Crippen LogP contribution in [-0.4, -0.2) is 50.0 Å². The van der Waals surface area contributed by atoms with Crippen LogP contribution < -0.4 is 5.56 Å². The van der Waals surface area contributed by atoms with Crippen LogP contribution in [0.1, 0.15) is 48.2 Å². The van der Waals surface area contributed by atoms with E-state index in [1.165, 1.54) is 41.1 Å². The fraction of sp³-hybridized carbons (Fsp3) is 0.321. The highest BCUT2D eigenvalue weighted by Crippen LogP contribution is 2.40. The highest BCUT2D eigenvalue weighted by Gasteiger charge is 2.48. The molecule has 11 heteroatoms. The zero-order chi connectivity index (χ0) is 27.8. The molecule has 4 aromatic rings. The third-order valence-electron chi connectivity index (χ3n) is 6.98. The summed E-state index contributed by atoms with van der Waals surface area (Å²) in [5, 5.41) is 8.29. The SMILES string of the molecule is CC(C)(c1ccc(-c2noc(-c3ccc(=O)n(Cc4cccc(C(=O)N5CCCC5)c4)n3)n2)cc1)C(F)(F)F. The van der Waals surface area contributed by atoms with Crippen LogP contribution in [0.2, 0.25) is 0 Å². The lowest BCUT2D eigenvalue weighted by atomic mass is 9.83. The first-order valence-corrected chi connectivity index (χ1v) is 12.5. The van der Waals surface area contributed by atoms with Gasteiger partial charge >= 0.3 is 6.18 Å². The summed E-state index contributed by atoms with van der Waals surface area (Å²) in [6.07, 6.45) is -2.40. The molecule has 2 aromatic heterocycles. The van der Waals surface area contributed by atoms with E-state index >= 15 is 0 Å². The second-order valence-electron chi connectivity index (χ2n) is 10.0. The molecule has 1 amide bonds. The van der Waals surface area contributed by atoms with Gasteiger partial charge in [-0.05, 0) is 56.0 Å². The van der Waals surface area contributed by atoms with Crippen molar-refractivity contribution in [2.24, 2.45) is 0 Å². The Kier molecular flexibility index (Phi) is 6.83. The van der Waals surface area contributed by atoms with Crippen molar-refractivity contribution in [1.29, 1.82) is 0 Å². The summed E-state index contributed by atoms with van der Waals surface area (Å²) in [5.74, 6) is 0.197. The summed E-state index contributed by atoms with van der Waals surface area (Å²) in [4.78, 5) is 31.4. The predicted molar refractivity (Wildman–Crippen MR) is 137 cm³/mol. The Morgan fingerprint density at radius 2 is 1.72 bits per heavy atom. The molecule has 1 aliphatic rings. The number of carbonyl (C=O) groups excluding carboxylic acids is 1. The van der Waals surface area contributed by atoms with Crippen molar-refractivity contribution >= 4 is 5.91 Å². The Balaban J connectivity index is 1.35. The van der Waals surface area contributed by atoms with Gasteiger partial charge in [0.25, 0.3) is 17.4 Å². The lowest BCUT2D eigenvalue weighted by Crippen LogP contribution is -2.36. The number of hydrogen-bond donors (Lipinski definition) is 0. The Hall–Kier alpha value is -4.28. The van der Waals surface area contributed by atoms with E-state index in [9.17, 15) is 22.8 Å². The molecule has 0 saturated carbocycles. The first-order chi connectivity index (χ1) is 18.5. The van der Waals surface area contributed by atoms with Crippen LogP contribution >= 0.6 is 0 Å². The summed E-state index contributed by atoms with van der Waals surface area (Å²) in [6.45, 7) is 3.86. The summed E-state index contributed by atoms with van der Waals surface area (Å²) in [5.41, 5.74) is -0.219. The second kappa shape index (κ2) is 10.1. The molecular weight excluding hydrogens is 511 g/mol. The van der Waals surface area contributed by atoms with Gasteiger partial charge in [-0.25, -0.2) is 4.68 Å². The number of alkyl halides is 3. The second-order valence-corrected chi connectivity index (χ2v) is 10.0. The largest absolute Gasteiger partial charge is 0.397 e. The first kappa shape index (κ1) is 26.3. The lowest BCUT2D eigenvalue weighted by molar-refractivity contribution is -0.180. The Bertz CT molecular complexity index is 1550. The maximum atomic E-state index is 13.4. The number of rotatable bonds is 6. The summed E-state index contributed by atoms with van der Waals surface area (Å²) in [7, 11) is 0. The molecule has 8 nitrogen and oxygen atoms in total. The summed E-state index contributed by atoms with van der Waals surface area (Å²) >= 11 is 0. The molecule has 0 spiro atoms. The van der Waals surface area contributed by atoms with Crippen molar-refractivity contribution in [1.82, 2.24) is 24.8 Å². The van der Waals surface area contributed by atoms with Crippen LogP contribution in [-0.2, 0) is 12.0 Å². The van der Waals surface area contributed by atoms with E-state index in [1.54, 1.807) is 18.2 Å². The van der Waals surface area contributed by atoms with Gasteiger partial charge in [0.1, 0.15) is 5.69 Å². The number of likely N-dealkylation sites (tertiary alicyclic amines) is 1. The van der Waals surface area contributed by atoms with Crippen LogP contribution in [0.4, 0.5) is 13.2 Å². The molecule has 1 aliphatic heterocycles. The average molecular weight is 538 g/mol. The van der Waals surface area contributed by atoms with E-state index < -0.39 is 11.6 Å². The van der Waals surface area contributed by atoms with Gasteiger partial charge in [0.15, 0.2) is 0 Å². The minimum absolute atomic E-state index is 0.0307. The maximum absolute atomic E-state index is 13.4. The number of nitrogens with zero attached hydrogens (tertiary/aromatic N) is 5. The fourth-order valence-corrected chi connectivity index (χ4v) is 4.40. The summed E-state index contributed by atoms with van der Waals surface area (Å²) in [6, 6.07) is 15.7. The number of amides is 1. The van der Waals surface area contributed by atoms with Crippen LogP contribution in [0.15, 0.2) is 70.0 Å². The molecule has 39 heavy (non-hydrogen) atoms. The van der Waals surface area contributed by atoms with Crippen molar-refractivity contribution in [2.45, 2.75) is 44.8 Å². The van der Waals surface area contributed by atoms with Crippen molar-refractivity contribution in [3.05, 3.63) is 87.7 Å². The van der Waals surface area contributed by atoms with E-state index in [0.29, 0.717) is 11.1 Å². The highest BCUT2D eigenvalue weighted by molar-refractivity contribution is 5.94. The van der Waals surface area contributed by atoms with Crippen LogP contribution in [0, 0.1) is 0 Å². The zero-order valence-corrected chi connectivity index (χ0v) is 21.4. The van der Waals surface area contributed by atoms with Gasteiger partial charge < -0.3 is 9.42 Å². The van der Waals surface area contributed by atoms with Crippen molar-refractivity contribution in [3.63, 3.8) is 0 Å². The van der Waals surface area contributed by atoms with Gasteiger partial charge in [0, 0.05) is 30.3 Å². The number of hydrogen-bond acceptors (Lipinski definition) is 6. The zero-order valence-electron chi connectivity index (χ0n) is 21.4. The van der Waals surface area contributed by atoms with Gasteiger partial charge in [0.2, 0.25) is 5.82 Å². The molecule has 0 aliphatic carbocycles. The van der Waals surface area contributed by atoms with Gasteiger partial charge in [-0.3, -0.25) is 9.59 Å². The standard InChI is InChI=1S/C28H26F3N5O3/c1-27(2,28(29,30)31)21-10-8-19(9-11-21)24-32-25(39-34-24)22-12-13-23(37)36(33-22)17-18-6-5-7-20(16-18)26(38)35-14-3-4-15-35/h5-13,16H,3-4,14-15,17H2,1-2H3. The molecule has 1 saturated heterocycles. The molecule has 0 atom stereocenters. The van der Waals surface area contributed by atoms with Gasteiger partial charge in [-0.15, -0.1) is 0 Å². The average Bonchev–Trinajstić information content (AvgIpc) is 3.62. The third kappa shape index (κ3) is 5.34. The van der Waals surface area contributed by atoms with E-state index in [1.807, 2.05) is 11.0 Å². The minimum Gasteiger partial charge on any atom is -0.339 e. The molecule has 0 radical (unpaired) electrons. The third-order valence-corrected chi connectivity index (χ3v) is 6.98. The molecule has 1 fully saturated rings. The molecule has 0 bridgehead atoms. The maximum Gasteiger partial charge on any atom is 0.397 e. The van der Waals surface area contributed by atoms with Crippen molar-refractivity contribution in [2.75, 3.05) is 13.1 Å². The predicted octanol–water partition coefficient (Wildman–Crippen LogP) is 5.08. The van der Waals surface area contributed by atoms with Gasteiger partial charge in [0.05, 0.1) is 12.0 Å². The number of carbonyl (C=O) groups is 1. The van der Waals surface area contributed by atoms with Crippen molar-refractivity contribution in [3.8, 4) is 23.0 Å². The van der Waals surface area contributed by atoms with Crippen LogP contribution in [0.25, 0.3) is 23.0 Å². The highest BCUT2D eigenvalue weighted by atomic mass is 19.4. The van der Waals surface area contributed by atoms with E-state index in [-0.39, 0.29) is 41.0 Å². The minimum atomic E-state index is -4.40. The van der Waals surface area contributed by atoms with Crippen LogP contribution in [0.3, 0.4) is 0 Å². The topological polar surface area (TPSA) is 94.1 Å². The molecule has 202 valence electrons. The Labute approximate surface area is 222 Å². The van der Waals surface area contributed by atoms with Crippen LogP contribution in [0.5, 0.6) is 0 Å². The molecule has 2 aromatic carbocycles. The smallest absolute Gasteiger partial charge is 0.339 e. The molecular formula is C28H26F3N5O3. The monoisotopic (exact) mass is 537 g/mol. The van der Waals surface area contributed by atoms with Crippen molar-refractivity contribution < 1.29 is 22.5 Å².